The van der Waals surface area contributed by atoms with E-state index in [2.05, 4.69) is 25.1 Å². The second-order valence-corrected chi connectivity index (χ2v) is 4.03. The van der Waals surface area contributed by atoms with Gasteiger partial charge in [-0.2, -0.15) is 5.10 Å². The zero-order valence-corrected chi connectivity index (χ0v) is 8.33. The molecule has 1 aliphatic carbocycles. The highest BCUT2D eigenvalue weighted by Crippen LogP contribution is 2.49. The molecule has 13 heavy (non-hydrogen) atoms. The number of aromatic nitrogens is 2. The fourth-order valence-corrected chi connectivity index (χ4v) is 1.94. The van der Waals surface area contributed by atoms with Crippen molar-refractivity contribution in [3.63, 3.8) is 0 Å². The van der Waals surface area contributed by atoms with Crippen molar-refractivity contribution in [2.75, 3.05) is 0 Å². The summed E-state index contributed by atoms with van der Waals surface area (Å²) in [7, 11) is 0. The van der Waals surface area contributed by atoms with Gasteiger partial charge in [-0.15, -0.1) is 0 Å². The summed E-state index contributed by atoms with van der Waals surface area (Å²) in [6.45, 7) is 5.13. The van der Waals surface area contributed by atoms with Crippen LogP contribution < -0.4 is 5.73 Å². The summed E-state index contributed by atoms with van der Waals surface area (Å²) in [5.41, 5.74) is 7.56. The first kappa shape index (κ1) is 8.75. The molecular formula is C10H17N3. The standard InChI is InChI=1S/C10H17N3/c1-3-13-7-9(6-12-13)10(4-5-10)8(2)11/h6-8H,3-5,11H2,1-2H3. The zero-order chi connectivity index (χ0) is 9.47. The van der Waals surface area contributed by atoms with Crippen LogP contribution in [0.4, 0.5) is 0 Å². The van der Waals surface area contributed by atoms with Gasteiger partial charge < -0.3 is 5.73 Å². The number of nitrogens with zero attached hydrogens (tertiary/aromatic N) is 2. The highest BCUT2D eigenvalue weighted by atomic mass is 15.3. The summed E-state index contributed by atoms with van der Waals surface area (Å²) >= 11 is 0. The van der Waals surface area contributed by atoms with Crippen molar-refractivity contribution in [3.8, 4) is 0 Å². The number of hydrogen-bond donors (Lipinski definition) is 1. The molecule has 0 bridgehead atoms. The molecule has 1 heterocycles. The van der Waals surface area contributed by atoms with Crippen LogP contribution in [0, 0.1) is 0 Å². The van der Waals surface area contributed by atoms with Crippen molar-refractivity contribution in [1.82, 2.24) is 9.78 Å². The molecule has 1 saturated carbocycles. The van der Waals surface area contributed by atoms with E-state index in [1.165, 1.54) is 18.4 Å². The fourth-order valence-electron chi connectivity index (χ4n) is 1.94. The molecule has 0 spiro atoms. The van der Waals surface area contributed by atoms with Crippen molar-refractivity contribution in [2.24, 2.45) is 5.73 Å². The monoisotopic (exact) mass is 179 g/mol. The average molecular weight is 179 g/mol. The van der Waals surface area contributed by atoms with Gasteiger partial charge in [0.2, 0.25) is 0 Å². The number of aryl methyl sites for hydroxylation is 1. The second-order valence-electron chi connectivity index (χ2n) is 4.03. The largest absolute Gasteiger partial charge is 0.327 e. The minimum atomic E-state index is 0.252. The van der Waals surface area contributed by atoms with Crippen molar-refractivity contribution in [1.29, 1.82) is 0 Å². The van der Waals surface area contributed by atoms with Crippen LogP contribution in [0.3, 0.4) is 0 Å². The SMILES string of the molecule is CCn1cc(C2(C(C)N)CC2)cn1. The maximum atomic E-state index is 5.98. The van der Waals surface area contributed by atoms with E-state index in [-0.39, 0.29) is 11.5 Å². The van der Waals surface area contributed by atoms with Crippen LogP contribution in [0.2, 0.25) is 0 Å². The minimum Gasteiger partial charge on any atom is -0.327 e. The molecule has 3 heteroatoms. The summed E-state index contributed by atoms with van der Waals surface area (Å²) in [5, 5.41) is 4.28. The molecule has 0 amide bonds. The molecule has 1 fully saturated rings. The topological polar surface area (TPSA) is 43.8 Å². The predicted octanol–water partition coefficient (Wildman–Crippen LogP) is 1.28. The molecular weight excluding hydrogens is 162 g/mol. The first-order valence-electron chi connectivity index (χ1n) is 4.97. The third kappa shape index (κ3) is 1.27. The van der Waals surface area contributed by atoms with Gasteiger partial charge in [0.15, 0.2) is 0 Å². The summed E-state index contributed by atoms with van der Waals surface area (Å²) in [4.78, 5) is 0. The first-order chi connectivity index (χ1) is 6.19. The van der Waals surface area contributed by atoms with Gasteiger partial charge in [-0.25, -0.2) is 0 Å². The summed E-state index contributed by atoms with van der Waals surface area (Å²) in [6.07, 6.45) is 6.55. The Morgan fingerprint density at radius 3 is 2.77 bits per heavy atom. The number of nitrogens with two attached hydrogens (primary N) is 1. The molecule has 1 atom stereocenters. The Hall–Kier alpha value is -0.830. The average Bonchev–Trinajstić information content (AvgIpc) is 2.79. The third-order valence-corrected chi connectivity index (χ3v) is 3.19. The molecule has 1 aromatic heterocycles. The number of rotatable bonds is 3. The van der Waals surface area contributed by atoms with Crippen LogP contribution in [0.15, 0.2) is 12.4 Å². The molecule has 1 aromatic rings. The summed E-state index contributed by atoms with van der Waals surface area (Å²) in [5.74, 6) is 0. The Labute approximate surface area is 78.9 Å². The Morgan fingerprint density at radius 1 is 1.69 bits per heavy atom. The molecule has 2 N–H and O–H groups in total. The van der Waals surface area contributed by atoms with Gasteiger partial charge in [0.25, 0.3) is 0 Å². The van der Waals surface area contributed by atoms with Crippen molar-refractivity contribution in [2.45, 2.75) is 44.7 Å². The van der Waals surface area contributed by atoms with Crippen LogP contribution in [-0.4, -0.2) is 15.8 Å². The van der Waals surface area contributed by atoms with E-state index >= 15 is 0 Å². The molecule has 0 saturated heterocycles. The van der Waals surface area contributed by atoms with E-state index in [1.54, 1.807) is 0 Å². The van der Waals surface area contributed by atoms with Crippen LogP contribution in [0.5, 0.6) is 0 Å². The lowest BCUT2D eigenvalue weighted by molar-refractivity contribution is 0.555. The summed E-state index contributed by atoms with van der Waals surface area (Å²) < 4.78 is 1.97. The van der Waals surface area contributed by atoms with E-state index in [1.807, 2.05) is 10.9 Å². The lowest BCUT2D eigenvalue weighted by Gasteiger charge is -2.17. The van der Waals surface area contributed by atoms with Crippen molar-refractivity contribution in [3.05, 3.63) is 18.0 Å². The van der Waals surface area contributed by atoms with Gasteiger partial charge in [-0.3, -0.25) is 4.68 Å². The van der Waals surface area contributed by atoms with E-state index in [4.69, 9.17) is 5.73 Å². The van der Waals surface area contributed by atoms with Gasteiger partial charge in [0.1, 0.15) is 0 Å². The van der Waals surface area contributed by atoms with E-state index in [9.17, 15) is 0 Å². The Balaban J connectivity index is 2.25. The van der Waals surface area contributed by atoms with E-state index in [0.717, 1.165) is 6.54 Å². The molecule has 3 nitrogen and oxygen atoms in total. The lowest BCUT2D eigenvalue weighted by atomic mass is 9.92. The smallest absolute Gasteiger partial charge is 0.0528 e. The van der Waals surface area contributed by atoms with Gasteiger partial charge in [0, 0.05) is 24.2 Å². The predicted molar refractivity (Wildman–Crippen MR) is 52.5 cm³/mol. The molecule has 2 rings (SSSR count). The minimum absolute atomic E-state index is 0.252. The Kier molecular flexibility index (Phi) is 1.91. The normalized spacial score (nSPS) is 21.5. The maximum Gasteiger partial charge on any atom is 0.0528 e. The first-order valence-corrected chi connectivity index (χ1v) is 4.97. The van der Waals surface area contributed by atoms with Crippen LogP contribution >= 0.6 is 0 Å². The maximum absolute atomic E-state index is 5.98. The quantitative estimate of drug-likeness (QED) is 0.759. The van der Waals surface area contributed by atoms with E-state index in [0.29, 0.717) is 0 Å². The lowest BCUT2D eigenvalue weighted by Crippen LogP contribution is -2.31. The van der Waals surface area contributed by atoms with Gasteiger partial charge >= 0.3 is 0 Å². The Morgan fingerprint density at radius 2 is 2.38 bits per heavy atom. The summed E-state index contributed by atoms with van der Waals surface area (Å²) in [6, 6.07) is 0.252. The number of hydrogen-bond acceptors (Lipinski definition) is 2. The van der Waals surface area contributed by atoms with Crippen LogP contribution in [0.1, 0.15) is 32.3 Å². The molecule has 0 radical (unpaired) electrons. The van der Waals surface area contributed by atoms with Crippen LogP contribution in [-0.2, 0) is 12.0 Å². The van der Waals surface area contributed by atoms with Crippen molar-refractivity contribution < 1.29 is 0 Å². The Bertz CT molecular complexity index is 297. The zero-order valence-electron chi connectivity index (χ0n) is 8.33. The molecule has 1 aliphatic rings. The third-order valence-electron chi connectivity index (χ3n) is 3.19. The highest BCUT2D eigenvalue weighted by Gasteiger charge is 2.48. The molecule has 72 valence electrons. The van der Waals surface area contributed by atoms with Gasteiger partial charge in [-0.05, 0) is 32.3 Å². The molecule has 0 aromatic carbocycles. The highest BCUT2D eigenvalue weighted by molar-refractivity contribution is 5.29. The van der Waals surface area contributed by atoms with Crippen LogP contribution in [0.25, 0.3) is 0 Å². The van der Waals surface area contributed by atoms with Gasteiger partial charge in [0.05, 0.1) is 6.20 Å². The van der Waals surface area contributed by atoms with Gasteiger partial charge in [-0.1, -0.05) is 0 Å². The fraction of sp³-hybridized carbons (Fsp3) is 0.700. The molecule has 1 unspecified atom stereocenters. The van der Waals surface area contributed by atoms with Crippen molar-refractivity contribution >= 4 is 0 Å². The van der Waals surface area contributed by atoms with E-state index < -0.39 is 0 Å². The second kappa shape index (κ2) is 2.84. The molecule has 0 aliphatic heterocycles.